The van der Waals surface area contributed by atoms with Crippen molar-refractivity contribution in [1.29, 1.82) is 0 Å². The molecule has 0 aliphatic carbocycles. The molecule has 23 nitrogen and oxygen atoms in total. The van der Waals surface area contributed by atoms with Gasteiger partial charge in [-0.1, -0.05) is 34.5 Å². The van der Waals surface area contributed by atoms with Crippen molar-refractivity contribution in [2.75, 3.05) is 0 Å². The molecule has 0 unspecified atom stereocenters. The average Bonchev–Trinajstić information content (AvgIpc) is 1.67. The Hall–Kier alpha value is -9.60. The Morgan fingerprint density at radius 3 is 1.12 bits per heavy atom. The maximum absolute atomic E-state index is 9.62. The number of aryl methyl sites for hydroxylation is 16. The van der Waals surface area contributed by atoms with Crippen LogP contribution in [-0.4, -0.2) is 113 Å². The van der Waals surface area contributed by atoms with Crippen molar-refractivity contribution in [2.24, 2.45) is 14.1 Å². The van der Waals surface area contributed by atoms with E-state index in [1.807, 2.05) is 145 Å². The Labute approximate surface area is 956 Å². The van der Waals surface area contributed by atoms with Gasteiger partial charge in [0, 0.05) is 135 Å². The van der Waals surface area contributed by atoms with E-state index in [1.54, 1.807) is 229 Å². The molecule has 149 heavy (non-hydrogen) atoms. The van der Waals surface area contributed by atoms with Gasteiger partial charge in [-0.15, -0.1) is 184 Å². The molecule has 18 aromatic rings. The van der Waals surface area contributed by atoms with E-state index in [-0.39, 0.29) is 62.0 Å². The summed E-state index contributed by atoms with van der Waals surface area (Å²) in [5.41, 5.74) is 27.6. The van der Waals surface area contributed by atoms with Crippen molar-refractivity contribution in [3.63, 3.8) is 0 Å². The maximum Gasteiger partial charge on any atom is 0.143 e. The number of fused-ring (bicyclic) bond motifs is 2. The normalized spacial score (nSPS) is 10.5. The van der Waals surface area contributed by atoms with E-state index >= 15 is 0 Å². The van der Waals surface area contributed by atoms with Crippen LogP contribution in [0.25, 0.3) is 16.7 Å². The van der Waals surface area contributed by atoms with Crippen molar-refractivity contribution >= 4 is 219 Å². The molecule has 9 aromatic heterocycles. The van der Waals surface area contributed by atoms with Crippen LogP contribution in [0.1, 0.15) is 150 Å². The fourth-order valence-electron chi connectivity index (χ4n) is 14.5. The zero-order valence-corrected chi connectivity index (χ0v) is 99.9. The highest BCUT2D eigenvalue weighted by molar-refractivity contribution is 8.00. The minimum absolute atomic E-state index is 0. The van der Waals surface area contributed by atoms with Gasteiger partial charge in [0.1, 0.15) is 67.5 Å². The van der Waals surface area contributed by atoms with Crippen LogP contribution in [0.3, 0.4) is 0 Å². The zero-order valence-electron chi connectivity index (χ0n) is 86.2. The molecule has 9 heterocycles. The minimum Gasteiger partial charge on any atom is -0.508 e. The van der Waals surface area contributed by atoms with Crippen molar-refractivity contribution in [3.8, 4) is 46.0 Å². The number of pyridine rings is 1. The van der Waals surface area contributed by atoms with Crippen LogP contribution >= 0.6 is 202 Å². The number of aromatic hydroxyl groups is 8. The zero-order chi connectivity index (χ0) is 104. The SMILES string of the molecule is CCn1cnc(C)c1CSc1cc(C)cc(O)c1.CCn1cnc(CSc2cc(C)cc(O)c2)c1C.Cc1cc(O)cc(SCc2c(C)ncn2C(C)C)c1.Cc1cc(O)cc(SCc2ccc3c(c2)nnn3C)c1.Cc1cc(O)cc(SCc2cnc3cc(C)ccn23)c1.Cc1cc(O)cc(SCc2ncn(C)c2Cl)c1.Cc1cc(O)cc(SCc2scnc2C)c1.Cc1cc(O)cc(SCc2scnc2Cl)c1.Cl.Cl.Cl.Cl.Cl. The Kier molecular flexibility index (Phi) is 54.3. The second-order valence-electron chi connectivity index (χ2n) is 34.5. The lowest BCUT2D eigenvalue weighted by Crippen LogP contribution is -2.04. The first kappa shape index (κ1) is 128. The van der Waals surface area contributed by atoms with Gasteiger partial charge >= 0.3 is 0 Å². The number of aromatic nitrogens is 15. The van der Waals surface area contributed by atoms with E-state index < -0.39 is 0 Å². The van der Waals surface area contributed by atoms with Crippen molar-refractivity contribution in [1.82, 2.24) is 72.6 Å². The molecule has 8 N–H and O–H groups in total. The number of benzene rings is 9. The quantitative estimate of drug-likeness (QED) is 0.0222. The first-order valence-electron chi connectivity index (χ1n) is 46.1. The number of thioether (sulfide) groups is 8. The summed E-state index contributed by atoms with van der Waals surface area (Å²) in [6.45, 7) is 36.6. The van der Waals surface area contributed by atoms with Crippen LogP contribution in [0, 0.1) is 90.0 Å². The largest absolute Gasteiger partial charge is 0.508 e. The lowest BCUT2D eigenvalue weighted by atomic mass is 10.2. The Morgan fingerprint density at radius 2 is 0.725 bits per heavy atom. The molecule has 796 valence electrons. The molecule has 0 bridgehead atoms. The summed E-state index contributed by atoms with van der Waals surface area (Å²) in [5, 5.41) is 85.8. The summed E-state index contributed by atoms with van der Waals surface area (Å²) < 4.78 is 12.2. The third kappa shape index (κ3) is 41.1. The van der Waals surface area contributed by atoms with Gasteiger partial charge in [-0.3, -0.25) is 0 Å². The molecule has 0 fully saturated rings. The number of thiazole rings is 2. The third-order valence-corrected chi connectivity index (χ3v) is 32.9. The first-order chi connectivity index (χ1) is 68.7. The molecule has 0 saturated heterocycles. The highest BCUT2D eigenvalue weighted by Gasteiger charge is 2.17. The van der Waals surface area contributed by atoms with Gasteiger partial charge in [-0.05, 0) is 343 Å². The molecule has 18 rings (SSSR count). The summed E-state index contributed by atoms with van der Waals surface area (Å²) in [6.07, 6.45) is 11.4. The van der Waals surface area contributed by atoms with E-state index in [9.17, 15) is 40.9 Å². The van der Waals surface area contributed by atoms with E-state index in [4.69, 9.17) is 23.2 Å². The molecule has 0 saturated carbocycles. The number of hydrogen-bond donors (Lipinski definition) is 8. The summed E-state index contributed by atoms with van der Waals surface area (Å²) in [5.74, 6) is 9.20. The molecule has 40 heteroatoms. The Bertz CT molecular complexity index is 7040. The molecule has 9 aromatic carbocycles. The summed E-state index contributed by atoms with van der Waals surface area (Å²) in [4.78, 5) is 40.9. The first-order valence-corrected chi connectivity index (χ1v) is 56.5. The molecule has 0 atom stereocenters. The van der Waals surface area contributed by atoms with Crippen LogP contribution in [-0.2, 0) is 73.2 Å². The van der Waals surface area contributed by atoms with Gasteiger partial charge in [-0.2, -0.15) is 0 Å². The number of hydrogen-bond acceptors (Lipinski definition) is 27. The third-order valence-electron chi connectivity index (χ3n) is 21.8. The highest BCUT2D eigenvalue weighted by atomic mass is 35.5. The number of phenols is 8. The highest BCUT2D eigenvalue weighted by Crippen LogP contribution is 2.38. The van der Waals surface area contributed by atoms with E-state index in [0.717, 1.165) is 193 Å². The molecule has 0 aliphatic rings. The lowest BCUT2D eigenvalue weighted by Gasteiger charge is -2.12. The van der Waals surface area contributed by atoms with Crippen LogP contribution in [0.15, 0.2) is 264 Å². The van der Waals surface area contributed by atoms with E-state index in [1.165, 1.54) is 33.1 Å². The second kappa shape index (κ2) is 63.2. The topological polar surface area (TPSA) is 307 Å². The average molecular weight is 2350 g/mol. The van der Waals surface area contributed by atoms with Crippen LogP contribution in [0.4, 0.5) is 0 Å². The lowest BCUT2D eigenvalue weighted by molar-refractivity contribution is 0.472. The predicted molar refractivity (Wildman–Crippen MR) is 639 cm³/mol. The van der Waals surface area contributed by atoms with Crippen LogP contribution in [0.2, 0.25) is 10.3 Å². The Morgan fingerprint density at radius 1 is 0.349 bits per heavy atom. The van der Waals surface area contributed by atoms with Gasteiger partial charge in [-0.25, -0.2) is 39.6 Å². The fraction of sp³-hybridized carbons (Fsp3) is 0.275. The summed E-state index contributed by atoms with van der Waals surface area (Å²) in [7, 11) is 3.75. The molecular weight excluding hydrogens is 2220 g/mol. The molecule has 0 spiro atoms. The van der Waals surface area contributed by atoms with E-state index in [2.05, 4.69) is 172 Å². The monoisotopic (exact) mass is 2340 g/mol. The summed E-state index contributed by atoms with van der Waals surface area (Å²) >= 11 is 28.8. The molecule has 0 radical (unpaired) electrons. The second-order valence-corrected chi connectivity index (χ2v) is 45.5. The number of halogens is 7. The maximum atomic E-state index is 9.62. The van der Waals surface area contributed by atoms with Gasteiger partial charge in [0.15, 0.2) is 0 Å². The standard InChI is InChI=1S/C16H16N2OS.C15H15N3OS.C15H20N2OS.2C14H18N2OS.C12H13ClN2OS.C12H13NOS2.C11H10ClNOS2.5ClH/c1-11-3-4-18-13(9-17-16(18)7-11)10-20-15-6-12(2)5-14(19)8-15;1-10-5-12(19)8-13(6-10)20-9-11-3-4-15-14(7-11)16-17-18(15)2;1-10(2)17-9-16-12(4)15(17)8-19-14-6-11(3)5-13(18)7-14;1-4-16-9-15-14(11(16)3)8-18-13-6-10(2)5-12(17)7-13;1-4-16-9-15-11(3)14(16)8-18-13-6-10(2)5-12(17)7-13;1-8-3-9(16)5-10(4-8)17-6-11-12(13)15(2)7-14-11;1-8-3-10(14)5-11(4-8)15-6-12-9(2)13-7-16-12;1-7-2-8(14)4-9(3-7)15-5-10-11(12)13-6-16-10;;;;;/h3-9,19H,10H2,1-2H3;3-8,19H,9H2,1-2H3;5-7,9-10,18H,8H2,1-4H3;2*5-7,9,17H,4,8H2,1-3H3;3-5,7,16H,6H2,1-2H3;3-5,7,14H,6H2,1-2H3;2-4,6,14H,5H2,1H3;5*1H. The van der Waals surface area contributed by atoms with Crippen LogP contribution < -0.4 is 0 Å². The summed E-state index contributed by atoms with van der Waals surface area (Å²) in [6, 6.07) is 55.7. The molecule has 0 aliphatic heterocycles. The van der Waals surface area contributed by atoms with Crippen molar-refractivity contribution in [3.05, 3.63) is 352 Å². The fourth-order valence-corrected chi connectivity index (χ4v) is 25.3. The minimum atomic E-state index is 0. The van der Waals surface area contributed by atoms with Gasteiger partial charge in [0.05, 0.1) is 98.5 Å². The van der Waals surface area contributed by atoms with Crippen LogP contribution in [0.5, 0.6) is 46.0 Å². The van der Waals surface area contributed by atoms with Gasteiger partial charge < -0.3 is 63.5 Å². The smallest absolute Gasteiger partial charge is 0.143 e. The van der Waals surface area contributed by atoms with Gasteiger partial charge in [0.2, 0.25) is 0 Å². The van der Waals surface area contributed by atoms with Gasteiger partial charge in [0.25, 0.3) is 0 Å². The number of rotatable bonds is 27. The predicted octanol–water partition coefficient (Wildman–Crippen LogP) is 31.7. The van der Waals surface area contributed by atoms with Crippen molar-refractivity contribution < 1.29 is 40.9 Å². The number of phenolic OH excluding ortho intramolecular Hbond substituents is 8. The number of nitrogens with zero attached hydrogens (tertiary/aromatic N) is 15. The van der Waals surface area contributed by atoms with Crippen molar-refractivity contribution in [2.45, 2.75) is 222 Å². The Balaban J connectivity index is 0.000000259. The number of imidazole rings is 5. The molecule has 0 amide bonds. The van der Waals surface area contributed by atoms with E-state index in [0.29, 0.717) is 68.1 Å². The molecular formula is C109H128Cl7N15O8S10.